The second-order valence-electron chi connectivity index (χ2n) is 5.24. The summed E-state index contributed by atoms with van der Waals surface area (Å²) < 4.78 is 0. The molecule has 1 saturated heterocycles. The zero-order chi connectivity index (χ0) is 9.19. The number of hydrogen-bond donors (Lipinski definition) is 0. The van der Waals surface area contributed by atoms with Crippen molar-refractivity contribution in [3.63, 3.8) is 0 Å². The molecule has 1 aliphatic rings. The minimum atomic E-state index is 0.470. The predicted molar refractivity (Wildman–Crippen MR) is 54.3 cm³/mol. The average Bonchev–Trinajstić information content (AvgIpc) is 2.31. The van der Waals surface area contributed by atoms with Crippen LogP contribution in [0.5, 0.6) is 0 Å². The van der Waals surface area contributed by atoms with Crippen LogP contribution in [0.3, 0.4) is 0 Å². The van der Waals surface area contributed by atoms with E-state index in [9.17, 15) is 0 Å². The van der Waals surface area contributed by atoms with Crippen LogP contribution < -0.4 is 0 Å². The fourth-order valence-electron chi connectivity index (χ4n) is 2.17. The van der Waals surface area contributed by atoms with Crippen LogP contribution in [-0.4, -0.2) is 24.0 Å². The first kappa shape index (κ1) is 10.0. The molecular weight excluding hydrogens is 146 g/mol. The summed E-state index contributed by atoms with van der Waals surface area (Å²) in [5.74, 6) is 0. The van der Waals surface area contributed by atoms with Crippen molar-refractivity contribution >= 4 is 0 Å². The lowest BCUT2D eigenvalue weighted by molar-refractivity contribution is 0.174. The molecule has 0 radical (unpaired) electrons. The quantitative estimate of drug-likeness (QED) is 0.614. The maximum absolute atomic E-state index is 2.67. The largest absolute Gasteiger partial charge is 0.300 e. The Bertz CT molecular complexity index is 134. The minimum absolute atomic E-state index is 0.470. The molecular formula is C11H23N. The Morgan fingerprint density at radius 3 is 2.50 bits per heavy atom. The van der Waals surface area contributed by atoms with Crippen LogP contribution in [0.1, 0.15) is 47.0 Å². The lowest BCUT2D eigenvalue weighted by Crippen LogP contribution is -2.36. The zero-order valence-corrected chi connectivity index (χ0v) is 9.06. The molecule has 1 rings (SSSR count). The molecule has 0 bridgehead atoms. The molecule has 12 heavy (non-hydrogen) atoms. The first-order chi connectivity index (χ1) is 5.53. The van der Waals surface area contributed by atoms with Gasteiger partial charge in [-0.1, -0.05) is 27.7 Å². The van der Waals surface area contributed by atoms with E-state index < -0.39 is 0 Å². The van der Waals surface area contributed by atoms with Gasteiger partial charge in [-0.25, -0.2) is 0 Å². The summed E-state index contributed by atoms with van der Waals surface area (Å²) in [5.41, 5.74) is 0.470. The number of rotatable bonds is 2. The molecule has 1 atom stereocenters. The molecule has 1 heterocycles. The van der Waals surface area contributed by atoms with E-state index in [-0.39, 0.29) is 0 Å². The van der Waals surface area contributed by atoms with Crippen molar-refractivity contribution in [2.45, 2.75) is 53.0 Å². The van der Waals surface area contributed by atoms with Gasteiger partial charge in [0.1, 0.15) is 0 Å². The van der Waals surface area contributed by atoms with Gasteiger partial charge in [0.05, 0.1) is 0 Å². The van der Waals surface area contributed by atoms with Gasteiger partial charge in [0, 0.05) is 12.6 Å². The SMILES string of the molecule is CCC1CCCN1CC(C)(C)C. The summed E-state index contributed by atoms with van der Waals surface area (Å²) in [5, 5.41) is 0. The molecule has 0 aromatic rings. The van der Waals surface area contributed by atoms with Crippen molar-refractivity contribution in [3.8, 4) is 0 Å². The topological polar surface area (TPSA) is 3.24 Å². The molecule has 1 nitrogen and oxygen atoms in total. The van der Waals surface area contributed by atoms with Crippen LogP contribution in [-0.2, 0) is 0 Å². The normalized spacial score (nSPS) is 26.5. The zero-order valence-electron chi connectivity index (χ0n) is 9.06. The van der Waals surface area contributed by atoms with E-state index in [1.165, 1.54) is 32.4 Å². The fourth-order valence-corrected chi connectivity index (χ4v) is 2.17. The number of nitrogens with zero attached hydrogens (tertiary/aromatic N) is 1. The van der Waals surface area contributed by atoms with Gasteiger partial charge in [-0.2, -0.15) is 0 Å². The smallest absolute Gasteiger partial charge is 0.00933 e. The fraction of sp³-hybridized carbons (Fsp3) is 1.00. The maximum Gasteiger partial charge on any atom is 0.00933 e. The Morgan fingerprint density at radius 1 is 1.33 bits per heavy atom. The van der Waals surface area contributed by atoms with Gasteiger partial charge in [0.15, 0.2) is 0 Å². The highest BCUT2D eigenvalue weighted by molar-refractivity contribution is 4.81. The maximum atomic E-state index is 2.67. The molecule has 0 saturated carbocycles. The van der Waals surface area contributed by atoms with Crippen LogP contribution in [0.2, 0.25) is 0 Å². The molecule has 0 aromatic carbocycles. The van der Waals surface area contributed by atoms with Gasteiger partial charge in [-0.05, 0) is 31.2 Å². The summed E-state index contributed by atoms with van der Waals surface area (Å²) in [6.07, 6.45) is 4.16. The van der Waals surface area contributed by atoms with Crippen molar-refractivity contribution < 1.29 is 0 Å². The van der Waals surface area contributed by atoms with Crippen LogP contribution in [0, 0.1) is 5.41 Å². The summed E-state index contributed by atoms with van der Waals surface area (Å²) in [6.45, 7) is 11.9. The number of likely N-dealkylation sites (tertiary alicyclic amines) is 1. The van der Waals surface area contributed by atoms with E-state index >= 15 is 0 Å². The van der Waals surface area contributed by atoms with Gasteiger partial charge in [-0.15, -0.1) is 0 Å². The van der Waals surface area contributed by atoms with Gasteiger partial charge >= 0.3 is 0 Å². The second kappa shape index (κ2) is 3.78. The third-order valence-electron chi connectivity index (χ3n) is 2.65. The predicted octanol–water partition coefficient (Wildman–Crippen LogP) is 2.91. The van der Waals surface area contributed by atoms with E-state index in [2.05, 4.69) is 32.6 Å². The van der Waals surface area contributed by atoms with Crippen molar-refractivity contribution in [1.82, 2.24) is 4.90 Å². The molecule has 0 spiro atoms. The van der Waals surface area contributed by atoms with Crippen molar-refractivity contribution in [2.24, 2.45) is 5.41 Å². The standard InChI is InChI=1S/C11H23N/c1-5-10-7-6-8-12(10)9-11(2,3)4/h10H,5-9H2,1-4H3. The van der Waals surface area contributed by atoms with Crippen LogP contribution in [0.25, 0.3) is 0 Å². The van der Waals surface area contributed by atoms with Gasteiger partial charge in [0.2, 0.25) is 0 Å². The van der Waals surface area contributed by atoms with Gasteiger partial charge in [0.25, 0.3) is 0 Å². The van der Waals surface area contributed by atoms with E-state index in [0.717, 1.165) is 6.04 Å². The Hall–Kier alpha value is -0.0400. The van der Waals surface area contributed by atoms with E-state index in [1.54, 1.807) is 0 Å². The monoisotopic (exact) mass is 169 g/mol. The Labute approximate surface area is 77.1 Å². The molecule has 0 amide bonds. The minimum Gasteiger partial charge on any atom is -0.300 e. The Morgan fingerprint density at radius 2 is 2.00 bits per heavy atom. The van der Waals surface area contributed by atoms with Gasteiger partial charge in [-0.3, -0.25) is 4.90 Å². The average molecular weight is 169 g/mol. The molecule has 1 fully saturated rings. The molecule has 0 N–H and O–H groups in total. The molecule has 1 heteroatoms. The highest BCUT2D eigenvalue weighted by Crippen LogP contribution is 2.24. The van der Waals surface area contributed by atoms with E-state index in [0.29, 0.717) is 5.41 Å². The first-order valence-electron chi connectivity index (χ1n) is 5.27. The van der Waals surface area contributed by atoms with Crippen LogP contribution >= 0.6 is 0 Å². The summed E-state index contributed by atoms with van der Waals surface area (Å²) in [4.78, 5) is 2.67. The summed E-state index contributed by atoms with van der Waals surface area (Å²) >= 11 is 0. The van der Waals surface area contributed by atoms with Crippen LogP contribution in [0.15, 0.2) is 0 Å². The molecule has 0 aliphatic carbocycles. The first-order valence-corrected chi connectivity index (χ1v) is 5.27. The molecule has 0 aromatic heterocycles. The summed E-state index contributed by atoms with van der Waals surface area (Å²) in [6, 6.07) is 0.879. The lowest BCUT2D eigenvalue weighted by atomic mass is 9.95. The van der Waals surface area contributed by atoms with Crippen molar-refractivity contribution in [1.29, 1.82) is 0 Å². The molecule has 1 aliphatic heterocycles. The molecule has 1 unspecified atom stereocenters. The van der Waals surface area contributed by atoms with E-state index in [4.69, 9.17) is 0 Å². The molecule has 72 valence electrons. The number of hydrogen-bond acceptors (Lipinski definition) is 1. The third-order valence-corrected chi connectivity index (χ3v) is 2.65. The summed E-state index contributed by atoms with van der Waals surface area (Å²) in [7, 11) is 0. The van der Waals surface area contributed by atoms with Crippen molar-refractivity contribution in [3.05, 3.63) is 0 Å². The lowest BCUT2D eigenvalue weighted by Gasteiger charge is -2.30. The highest BCUT2D eigenvalue weighted by Gasteiger charge is 2.26. The highest BCUT2D eigenvalue weighted by atomic mass is 15.2. The Kier molecular flexibility index (Phi) is 3.16. The second-order valence-corrected chi connectivity index (χ2v) is 5.24. The van der Waals surface area contributed by atoms with Crippen LogP contribution in [0.4, 0.5) is 0 Å². The van der Waals surface area contributed by atoms with E-state index in [1.807, 2.05) is 0 Å². The van der Waals surface area contributed by atoms with Crippen molar-refractivity contribution in [2.75, 3.05) is 13.1 Å². The van der Waals surface area contributed by atoms with Gasteiger partial charge < -0.3 is 0 Å². The Balaban J connectivity index is 2.41. The third kappa shape index (κ3) is 2.78.